The molecule has 1 atom stereocenters. The normalized spacial score (nSPS) is 19.3. The molecule has 0 amide bonds. The summed E-state index contributed by atoms with van der Waals surface area (Å²) in [6.07, 6.45) is 2.82. The van der Waals surface area contributed by atoms with Gasteiger partial charge >= 0.3 is 5.97 Å². The Labute approximate surface area is 139 Å². The number of likely N-dealkylation sites (tertiary alicyclic amines) is 1. The van der Waals surface area contributed by atoms with Crippen LogP contribution in [0, 0.1) is 5.92 Å². The van der Waals surface area contributed by atoms with Gasteiger partial charge in [0.05, 0.1) is 13.0 Å². The highest BCUT2D eigenvalue weighted by Gasteiger charge is 2.22. The monoisotopic (exact) mass is 319 g/mol. The molecule has 4 nitrogen and oxygen atoms in total. The van der Waals surface area contributed by atoms with Crippen LogP contribution in [-0.2, 0) is 9.53 Å². The fourth-order valence-corrected chi connectivity index (χ4v) is 2.86. The van der Waals surface area contributed by atoms with Crippen molar-refractivity contribution in [1.82, 2.24) is 4.90 Å². The molecule has 0 spiro atoms. The van der Waals surface area contributed by atoms with Crippen LogP contribution in [0.4, 0.5) is 0 Å². The molecule has 1 aromatic carbocycles. The molecule has 4 heteroatoms. The summed E-state index contributed by atoms with van der Waals surface area (Å²) in [5, 5.41) is 0. The van der Waals surface area contributed by atoms with E-state index < -0.39 is 5.60 Å². The second-order valence-electron chi connectivity index (χ2n) is 7.27. The van der Waals surface area contributed by atoms with E-state index >= 15 is 0 Å². The van der Waals surface area contributed by atoms with Gasteiger partial charge in [-0.3, -0.25) is 4.79 Å². The van der Waals surface area contributed by atoms with Crippen molar-refractivity contribution in [1.29, 1.82) is 0 Å². The van der Waals surface area contributed by atoms with Crippen LogP contribution in [0.1, 0.15) is 40.0 Å². The molecule has 1 fully saturated rings. The Hall–Kier alpha value is -1.55. The average Bonchev–Trinajstić information content (AvgIpc) is 2.51. The molecule has 2 rings (SSSR count). The molecule has 0 aliphatic carbocycles. The Morgan fingerprint density at radius 1 is 1.26 bits per heavy atom. The van der Waals surface area contributed by atoms with Crippen molar-refractivity contribution in [3.8, 4) is 5.75 Å². The summed E-state index contributed by atoms with van der Waals surface area (Å²) in [4.78, 5) is 14.2. The highest BCUT2D eigenvalue weighted by molar-refractivity contribution is 5.70. The van der Waals surface area contributed by atoms with E-state index in [2.05, 4.69) is 4.90 Å². The molecule has 0 aromatic heterocycles. The molecule has 1 aliphatic rings. The van der Waals surface area contributed by atoms with E-state index in [1.54, 1.807) is 0 Å². The van der Waals surface area contributed by atoms with Crippen LogP contribution in [0.15, 0.2) is 30.3 Å². The maximum Gasteiger partial charge on any atom is 0.307 e. The lowest BCUT2D eigenvalue weighted by molar-refractivity contribution is -0.155. The van der Waals surface area contributed by atoms with Crippen molar-refractivity contribution < 1.29 is 14.3 Å². The van der Waals surface area contributed by atoms with Crippen LogP contribution >= 0.6 is 0 Å². The van der Waals surface area contributed by atoms with Gasteiger partial charge in [-0.15, -0.1) is 0 Å². The predicted molar refractivity (Wildman–Crippen MR) is 91.6 cm³/mol. The van der Waals surface area contributed by atoms with E-state index in [0.717, 1.165) is 38.4 Å². The first-order valence-corrected chi connectivity index (χ1v) is 8.54. The Kier molecular flexibility index (Phi) is 6.46. The minimum absolute atomic E-state index is 0.111. The van der Waals surface area contributed by atoms with Gasteiger partial charge in [0, 0.05) is 19.0 Å². The van der Waals surface area contributed by atoms with Crippen molar-refractivity contribution in [2.45, 2.75) is 45.6 Å². The quantitative estimate of drug-likeness (QED) is 0.752. The number of carbonyl (C=O) groups is 1. The summed E-state index contributed by atoms with van der Waals surface area (Å²) in [7, 11) is 0. The third-order valence-electron chi connectivity index (χ3n) is 3.88. The lowest BCUT2D eigenvalue weighted by atomic mass is 9.99. The molecule has 1 saturated heterocycles. The fraction of sp³-hybridized carbons (Fsp3) is 0.632. The number of piperidine rings is 1. The third-order valence-corrected chi connectivity index (χ3v) is 3.88. The maximum absolute atomic E-state index is 11.8. The summed E-state index contributed by atoms with van der Waals surface area (Å²) in [5.41, 5.74) is -0.398. The average molecular weight is 319 g/mol. The van der Waals surface area contributed by atoms with Crippen LogP contribution in [-0.4, -0.2) is 42.7 Å². The third kappa shape index (κ3) is 7.04. The van der Waals surface area contributed by atoms with Gasteiger partial charge in [0.15, 0.2) is 0 Å². The molecule has 128 valence electrons. The van der Waals surface area contributed by atoms with Crippen LogP contribution in [0.2, 0.25) is 0 Å². The number of benzene rings is 1. The zero-order valence-corrected chi connectivity index (χ0v) is 14.6. The molecular weight excluding hydrogens is 290 g/mol. The van der Waals surface area contributed by atoms with Gasteiger partial charge < -0.3 is 14.4 Å². The number of hydrogen-bond donors (Lipinski definition) is 0. The molecule has 1 aliphatic heterocycles. The Balaban J connectivity index is 1.70. The second-order valence-corrected chi connectivity index (χ2v) is 7.27. The van der Waals surface area contributed by atoms with Crippen molar-refractivity contribution in [2.75, 3.05) is 26.2 Å². The smallest absolute Gasteiger partial charge is 0.307 e. The van der Waals surface area contributed by atoms with Gasteiger partial charge in [-0.2, -0.15) is 0 Å². The van der Waals surface area contributed by atoms with E-state index in [-0.39, 0.29) is 5.97 Å². The molecule has 1 heterocycles. The molecule has 0 bridgehead atoms. The van der Waals surface area contributed by atoms with Crippen molar-refractivity contribution in [3.63, 3.8) is 0 Å². The first-order chi connectivity index (χ1) is 10.9. The van der Waals surface area contributed by atoms with Crippen LogP contribution < -0.4 is 4.74 Å². The van der Waals surface area contributed by atoms with E-state index in [1.165, 1.54) is 6.42 Å². The summed E-state index contributed by atoms with van der Waals surface area (Å²) in [6.45, 7) is 9.29. The SMILES string of the molecule is CC(C)(C)OC(=O)CCN1CCCC(COc2ccccc2)C1. The van der Waals surface area contributed by atoms with E-state index in [4.69, 9.17) is 9.47 Å². The Morgan fingerprint density at radius 3 is 2.70 bits per heavy atom. The Bertz CT molecular complexity index is 481. The van der Waals surface area contributed by atoms with Gasteiger partial charge in [-0.1, -0.05) is 18.2 Å². The number of rotatable bonds is 6. The zero-order valence-electron chi connectivity index (χ0n) is 14.6. The molecule has 0 saturated carbocycles. The predicted octanol–water partition coefficient (Wildman–Crippen LogP) is 3.51. The van der Waals surface area contributed by atoms with E-state index in [1.807, 2.05) is 51.1 Å². The highest BCUT2D eigenvalue weighted by atomic mass is 16.6. The number of esters is 1. The standard InChI is InChI=1S/C19H29NO3/c1-19(2,3)23-18(21)11-13-20-12-7-8-16(14-20)15-22-17-9-5-4-6-10-17/h4-6,9-10,16H,7-8,11-15H2,1-3H3. The van der Waals surface area contributed by atoms with E-state index in [0.29, 0.717) is 12.3 Å². The van der Waals surface area contributed by atoms with Gasteiger partial charge in [-0.05, 0) is 52.3 Å². The van der Waals surface area contributed by atoms with Crippen LogP contribution in [0.5, 0.6) is 5.75 Å². The van der Waals surface area contributed by atoms with Gasteiger partial charge in [-0.25, -0.2) is 0 Å². The fourth-order valence-electron chi connectivity index (χ4n) is 2.86. The van der Waals surface area contributed by atoms with Crippen LogP contribution in [0.3, 0.4) is 0 Å². The van der Waals surface area contributed by atoms with Gasteiger partial charge in [0.25, 0.3) is 0 Å². The minimum atomic E-state index is -0.398. The largest absolute Gasteiger partial charge is 0.493 e. The molecule has 0 N–H and O–H groups in total. The van der Waals surface area contributed by atoms with Crippen molar-refractivity contribution >= 4 is 5.97 Å². The second kappa shape index (κ2) is 8.34. The summed E-state index contributed by atoms with van der Waals surface area (Å²) < 4.78 is 11.2. The van der Waals surface area contributed by atoms with Crippen molar-refractivity contribution in [2.24, 2.45) is 5.92 Å². The highest BCUT2D eigenvalue weighted by Crippen LogP contribution is 2.19. The lowest BCUT2D eigenvalue weighted by Crippen LogP contribution is -2.39. The minimum Gasteiger partial charge on any atom is -0.493 e. The number of hydrogen-bond acceptors (Lipinski definition) is 4. The first kappa shape index (κ1) is 17.8. The molecule has 1 unspecified atom stereocenters. The maximum atomic E-state index is 11.8. The molecular formula is C19H29NO3. The number of ether oxygens (including phenoxy) is 2. The topological polar surface area (TPSA) is 38.8 Å². The summed E-state index contributed by atoms with van der Waals surface area (Å²) >= 11 is 0. The number of para-hydroxylation sites is 1. The Morgan fingerprint density at radius 2 is 2.00 bits per heavy atom. The molecule has 0 radical (unpaired) electrons. The van der Waals surface area contributed by atoms with Crippen molar-refractivity contribution in [3.05, 3.63) is 30.3 Å². The summed E-state index contributed by atoms with van der Waals surface area (Å²) in [5.74, 6) is 1.35. The zero-order chi connectivity index (χ0) is 16.7. The van der Waals surface area contributed by atoms with Gasteiger partial charge in [0.1, 0.15) is 11.4 Å². The molecule has 23 heavy (non-hydrogen) atoms. The molecule has 1 aromatic rings. The van der Waals surface area contributed by atoms with Crippen LogP contribution in [0.25, 0.3) is 0 Å². The lowest BCUT2D eigenvalue weighted by Gasteiger charge is -2.32. The van der Waals surface area contributed by atoms with Gasteiger partial charge in [0.2, 0.25) is 0 Å². The first-order valence-electron chi connectivity index (χ1n) is 8.54. The summed E-state index contributed by atoms with van der Waals surface area (Å²) in [6, 6.07) is 9.95. The van der Waals surface area contributed by atoms with E-state index in [9.17, 15) is 4.79 Å². The number of nitrogens with zero attached hydrogens (tertiary/aromatic N) is 1. The number of carbonyl (C=O) groups excluding carboxylic acids is 1.